The molecule has 124 valence electrons. The number of fused-ring (bicyclic) bond motifs is 1. The van der Waals surface area contributed by atoms with Gasteiger partial charge in [0.1, 0.15) is 5.76 Å². The number of rotatable bonds is 5. The molecular formula is C19H17BrO4. The molecule has 0 saturated carbocycles. The lowest BCUT2D eigenvalue weighted by Crippen LogP contribution is -2.00. The molecule has 1 aromatic heterocycles. The first-order valence-corrected chi connectivity index (χ1v) is 8.86. The lowest BCUT2D eigenvalue weighted by atomic mass is 10.0. The SMILES string of the molecule is O=c1cc(-c2ccc(CCCCBr)cc2)oc2c(O)c(O)ccc12. The van der Waals surface area contributed by atoms with Gasteiger partial charge in [0, 0.05) is 17.0 Å². The van der Waals surface area contributed by atoms with E-state index in [9.17, 15) is 15.0 Å². The van der Waals surface area contributed by atoms with E-state index in [1.54, 1.807) is 0 Å². The Labute approximate surface area is 147 Å². The summed E-state index contributed by atoms with van der Waals surface area (Å²) < 4.78 is 5.66. The van der Waals surface area contributed by atoms with Gasteiger partial charge in [-0.1, -0.05) is 40.2 Å². The molecule has 2 aromatic carbocycles. The van der Waals surface area contributed by atoms with Crippen LogP contribution in [-0.4, -0.2) is 15.5 Å². The first-order valence-electron chi connectivity index (χ1n) is 7.74. The van der Waals surface area contributed by atoms with Gasteiger partial charge in [0.25, 0.3) is 0 Å². The molecule has 3 aromatic rings. The highest BCUT2D eigenvalue weighted by atomic mass is 79.9. The Morgan fingerprint density at radius 2 is 1.75 bits per heavy atom. The average Bonchev–Trinajstić information content (AvgIpc) is 2.59. The fourth-order valence-electron chi connectivity index (χ4n) is 2.60. The van der Waals surface area contributed by atoms with Crippen molar-refractivity contribution in [3.63, 3.8) is 0 Å². The zero-order valence-corrected chi connectivity index (χ0v) is 14.5. The number of phenols is 2. The summed E-state index contributed by atoms with van der Waals surface area (Å²) in [5.41, 5.74) is 1.71. The highest BCUT2D eigenvalue weighted by molar-refractivity contribution is 9.09. The summed E-state index contributed by atoms with van der Waals surface area (Å²) >= 11 is 3.42. The van der Waals surface area contributed by atoms with Crippen molar-refractivity contribution in [2.45, 2.75) is 19.3 Å². The molecule has 0 bridgehead atoms. The van der Waals surface area contributed by atoms with Crippen LogP contribution in [0.5, 0.6) is 11.5 Å². The van der Waals surface area contributed by atoms with E-state index in [4.69, 9.17) is 4.42 Å². The number of alkyl halides is 1. The summed E-state index contributed by atoms with van der Waals surface area (Å²) in [6, 6.07) is 11.9. The van der Waals surface area contributed by atoms with Crippen molar-refractivity contribution in [2.24, 2.45) is 0 Å². The molecular weight excluding hydrogens is 372 g/mol. The van der Waals surface area contributed by atoms with Crippen LogP contribution in [0.2, 0.25) is 0 Å². The Kier molecular flexibility index (Phi) is 4.90. The third-order valence-corrected chi connectivity index (χ3v) is 4.50. The van der Waals surface area contributed by atoms with Crippen LogP contribution in [0.15, 0.2) is 51.7 Å². The van der Waals surface area contributed by atoms with E-state index in [2.05, 4.69) is 15.9 Å². The molecule has 0 aliphatic rings. The lowest BCUT2D eigenvalue weighted by molar-refractivity contribution is 0.400. The molecule has 0 fully saturated rings. The van der Waals surface area contributed by atoms with Crippen molar-refractivity contribution >= 4 is 26.9 Å². The molecule has 0 radical (unpaired) electrons. The largest absolute Gasteiger partial charge is 0.504 e. The van der Waals surface area contributed by atoms with Crippen molar-refractivity contribution < 1.29 is 14.6 Å². The maximum Gasteiger partial charge on any atom is 0.201 e. The van der Waals surface area contributed by atoms with E-state index in [-0.39, 0.29) is 22.1 Å². The normalized spacial score (nSPS) is 11.0. The summed E-state index contributed by atoms with van der Waals surface area (Å²) in [5, 5.41) is 20.8. The number of hydrogen-bond acceptors (Lipinski definition) is 4. The minimum absolute atomic E-state index is 0.00102. The van der Waals surface area contributed by atoms with Gasteiger partial charge in [-0.25, -0.2) is 0 Å². The second-order valence-corrected chi connectivity index (χ2v) is 6.42. The van der Waals surface area contributed by atoms with Gasteiger partial charge in [0.2, 0.25) is 5.75 Å². The first-order chi connectivity index (χ1) is 11.6. The minimum atomic E-state index is -0.419. The summed E-state index contributed by atoms with van der Waals surface area (Å²) in [7, 11) is 0. The van der Waals surface area contributed by atoms with E-state index in [1.165, 1.54) is 23.8 Å². The molecule has 0 amide bonds. The van der Waals surface area contributed by atoms with Crippen molar-refractivity contribution in [3.8, 4) is 22.8 Å². The number of phenolic OH excluding ortho intramolecular Hbond substituents is 2. The minimum Gasteiger partial charge on any atom is -0.504 e. The molecule has 4 nitrogen and oxygen atoms in total. The second-order valence-electron chi connectivity index (χ2n) is 5.63. The predicted molar refractivity (Wildman–Crippen MR) is 98.0 cm³/mol. The molecule has 0 aliphatic heterocycles. The highest BCUT2D eigenvalue weighted by Crippen LogP contribution is 2.34. The standard InChI is InChI=1S/C19H17BrO4/c20-10-2-1-3-12-4-6-13(7-5-12)17-11-16(22)14-8-9-15(21)18(23)19(14)24-17/h4-9,11,21,23H,1-3,10H2. The van der Waals surface area contributed by atoms with Crippen LogP contribution in [0.25, 0.3) is 22.3 Å². The van der Waals surface area contributed by atoms with Crippen LogP contribution >= 0.6 is 15.9 Å². The van der Waals surface area contributed by atoms with Gasteiger partial charge >= 0.3 is 0 Å². The highest BCUT2D eigenvalue weighted by Gasteiger charge is 2.13. The molecule has 0 saturated heterocycles. The Morgan fingerprint density at radius 1 is 1.00 bits per heavy atom. The summed E-state index contributed by atoms with van der Waals surface area (Å²) in [4.78, 5) is 12.2. The number of halogens is 1. The van der Waals surface area contributed by atoms with Gasteiger partial charge in [-0.15, -0.1) is 0 Å². The zero-order chi connectivity index (χ0) is 17.1. The van der Waals surface area contributed by atoms with Gasteiger partial charge in [-0.2, -0.15) is 0 Å². The number of unbranched alkanes of at least 4 members (excludes halogenated alkanes) is 1. The van der Waals surface area contributed by atoms with Gasteiger partial charge < -0.3 is 14.6 Å². The molecule has 5 heteroatoms. The third-order valence-electron chi connectivity index (χ3n) is 3.94. The van der Waals surface area contributed by atoms with Crippen molar-refractivity contribution in [3.05, 3.63) is 58.3 Å². The summed E-state index contributed by atoms with van der Waals surface area (Å²) in [6.45, 7) is 0. The summed E-state index contributed by atoms with van der Waals surface area (Å²) in [6.07, 6.45) is 3.25. The smallest absolute Gasteiger partial charge is 0.201 e. The van der Waals surface area contributed by atoms with Crippen LogP contribution in [-0.2, 0) is 6.42 Å². The van der Waals surface area contributed by atoms with Crippen LogP contribution in [0, 0.1) is 0 Å². The summed E-state index contributed by atoms with van der Waals surface area (Å²) in [5.74, 6) is -0.372. The quantitative estimate of drug-likeness (QED) is 0.381. The van der Waals surface area contributed by atoms with Crippen molar-refractivity contribution in [1.82, 2.24) is 0 Å². The number of aryl methyl sites for hydroxylation is 1. The molecule has 0 unspecified atom stereocenters. The van der Waals surface area contributed by atoms with E-state index in [1.807, 2.05) is 24.3 Å². The molecule has 0 atom stereocenters. The van der Waals surface area contributed by atoms with Gasteiger partial charge in [-0.3, -0.25) is 4.79 Å². The Morgan fingerprint density at radius 3 is 2.46 bits per heavy atom. The Balaban J connectivity index is 1.97. The fraction of sp³-hybridized carbons (Fsp3) is 0.211. The van der Waals surface area contributed by atoms with Crippen LogP contribution < -0.4 is 5.43 Å². The molecule has 1 heterocycles. The van der Waals surface area contributed by atoms with Gasteiger partial charge in [-0.05, 0) is 37.0 Å². The lowest BCUT2D eigenvalue weighted by Gasteiger charge is -2.07. The average molecular weight is 389 g/mol. The number of aromatic hydroxyl groups is 2. The van der Waals surface area contributed by atoms with Crippen LogP contribution in [0.3, 0.4) is 0 Å². The molecule has 0 spiro atoms. The van der Waals surface area contributed by atoms with E-state index in [0.29, 0.717) is 5.76 Å². The molecule has 2 N–H and O–H groups in total. The van der Waals surface area contributed by atoms with Gasteiger partial charge in [0.05, 0.1) is 5.39 Å². The van der Waals surface area contributed by atoms with Crippen LogP contribution in [0.4, 0.5) is 0 Å². The first kappa shape index (κ1) is 16.6. The van der Waals surface area contributed by atoms with E-state index in [0.717, 1.165) is 30.2 Å². The van der Waals surface area contributed by atoms with Crippen molar-refractivity contribution in [2.75, 3.05) is 5.33 Å². The van der Waals surface area contributed by atoms with E-state index < -0.39 is 5.75 Å². The predicted octanol–water partition coefficient (Wildman–Crippen LogP) is 4.59. The number of benzene rings is 2. The second kappa shape index (κ2) is 7.09. The monoisotopic (exact) mass is 388 g/mol. The van der Waals surface area contributed by atoms with Gasteiger partial charge in [0.15, 0.2) is 16.8 Å². The maximum atomic E-state index is 12.2. The Bertz CT molecular complexity index is 913. The molecule has 3 rings (SSSR count). The van der Waals surface area contributed by atoms with Crippen LogP contribution in [0.1, 0.15) is 18.4 Å². The third kappa shape index (κ3) is 3.31. The fourth-order valence-corrected chi connectivity index (χ4v) is 2.99. The zero-order valence-electron chi connectivity index (χ0n) is 13.0. The molecule has 0 aliphatic carbocycles. The van der Waals surface area contributed by atoms with Crippen molar-refractivity contribution in [1.29, 1.82) is 0 Å². The van der Waals surface area contributed by atoms with E-state index >= 15 is 0 Å². The molecule has 24 heavy (non-hydrogen) atoms. The maximum absolute atomic E-state index is 12.2. The Hall–Kier alpha value is -2.27. The number of hydrogen-bond donors (Lipinski definition) is 2. The topological polar surface area (TPSA) is 70.7 Å².